The fourth-order valence-corrected chi connectivity index (χ4v) is 2.82. The Kier molecular flexibility index (Phi) is 8.70. The molecule has 2 nitrogen and oxygen atoms in total. The summed E-state index contributed by atoms with van der Waals surface area (Å²) in [6, 6.07) is 0.703. The molecule has 1 saturated heterocycles. The molecule has 1 aliphatic rings. The second kappa shape index (κ2) is 9.80. The molecule has 0 spiro atoms. The van der Waals surface area contributed by atoms with Crippen LogP contribution < -0.4 is 5.32 Å². The van der Waals surface area contributed by atoms with E-state index in [2.05, 4.69) is 31.0 Å². The van der Waals surface area contributed by atoms with Crippen LogP contribution in [0.25, 0.3) is 0 Å². The number of hydrogen-bond acceptors (Lipinski definition) is 2. The van der Waals surface area contributed by atoms with E-state index in [1.165, 1.54) is 71.1 Å². The summed E-state index contributed by atoms with van der Waals surface area (Å²) >= 11 is 0. The van der Waals surface area contributed by atoms with E-state index in [-0.39, 0.29) is 0 Å². The van der Waals surface area contributed by atoms with Crippen molar-refractivity contribution in [1.29, 1.82) is 0 Å². The highest BCUT2D eigenvalue weighted by Gasteiger charge is 2.13. The Bertz CT molecular complexity index is 194. The molecule has 1 fully saturated rings. The van der Waals surface area contributed by atoms with Crippen LogP contribution in [0.2, 0.25) is 0 Å². The summed E-state index contributed by atoms with van der Waals surface area (Å²) in [7, 11) is 0. The molecule has 108 valence electrons. The summed E-state index contributed by atoms with van der Waals surface area (Å²) in [5.74, 6) is 0.952. The molecule has 1 aliphatic heterocycles. The first-order valence-electron chi connectivity index (χ1n) is 8.18. The van der Waals surface area contributed by atoms with Gasteiger partial charge in [0, 0.05) is 6.04 Å². The van der Waals surface area contributed by atoms with E-state index < -0.39 is 0 Å². The van der Waals surface area contributed by atoms with Crippen molar-refractivity contribution in [3.05, 3.63) is 0 Å². The van der Waals surface area contributed by atoms with Gasteiger partial charge < -0.3 is 10.2 Å². The van der Waals surface area contributed by atoms with E-state index in [4.69, 9.17) is 0 Å². The van der Waals surface area contributed by atoms with Gasteiger partial charge in [0.1, 0.15) is 0 Å². The van der Waals surface area contributed by atoms with Gasteiger partial charge in [0.25, 0.3) is 0 Å². The molecule has 0 bridgehead atoms. The molecule has 0 aromatic rings. The zero-order valence-corrected chi connectivity index (χ0v) is 12.9. The van der Waals surface area contributed by atoms with Gasteiger partial charge in [-0.15, -0.1) is 0 Å². The maximum Gasteiger partial charge on any atom is 0.00387 e. The molecule has 0 radical (unpaired) electrons. The molecule has 0 amide bonds. The Hall–Kier alpha value is -0.0800. The largest absolute Gasteiger partial charge is 0.314 e. The van der Waals surface area contributed by atoms with E-state index in [9.17, 15) is 0 Å². The first kappa shape index (κ1) is 16.0. The summed E-state index contributed by atoms with van der Waals surface area (Å²) in [4.78, 5) is 2.69. The number of nitrogens with one attached hydrogen (secondary N) is 1. The number of hydrogen-bond donors (Lipinski definition) is 1. The monoisotopic (exact) mass is 254 g/mol. The van der Waals surface area contributed by atoms with Gasteiger partial charge in [-0.3, -0.25) is 0 Å². The highest BCUT2D eigenvalue weighted by atomic mass is 15.1. The SMILES string of the molecule is CCCNC(C)CCCCN1CCCC(C)CC1. The van der Waals surface area contributed by atoms with Gasteiger partial charge in [0.2, 0.25) is 0 Å². The van der Waals surface area contributed by atoms with Crippen LogP contribution in [-0.4, -0.2) is 37.1 Å². The lowest BCUT2D eigenvalue weighted by molar-refractivity contribution is 0.273. The van der Waals surface area contributed by atoms with Gasteiger partial charge in [-0.25, -0.2) is 0 Å². The van der Waals surface area contributed by atoms with E-state index in [1.807, 2.05) is 0 Å². The first-order valence-corrected chi connectivity index (χ1v) is 8.18. The fourth-order valence-electron chi connectivity index (χ4n) is 2.82. The van der Waals surface area contributed by atoms with E-state index in [0.717, 1.165) is 5.92 Å². The smallest absolute Gasteiger partial charge is 0.00387 e. The van der Waals surface area contributed by atoms with E-state index >= 15 is 0 Å². The van der Waals surface area contributed by atoms with Crippen LogP contribution in [0.5, 0.6) is 0 Å². The zero-order valence-electron chi connectivity index (χ0n) is 12.9. The predicted octanol–water partition coefficient (Wildman–Crippen LogP) is 3.67. The second-order valence-corrected chi connectivity index (χ2v) is 6.23. The molecule has 2 atom stereocenters. The highest BCUT2D eigenvalue weighted by Crippen LogP contribution is 2.16. The van der Waals surface area contributed by atoms with Crippen LogP contribution in [0, 0.1) is 5.92 Å². The molecule has 2 heteroatoms. The van der Waals surface area contributed by atoms with Crippen LogP contribution in [0.4, 0.5) is 0 Å². The standard InChI is InChI=1S/C16H34N2/c1-4-11-17-16(3)9-5-6-12-18-13-7-8-15(2)10-14-18/h15-17H,4-14H2,1-3H3. The van der Waals surface area contributed by atoms with Crippen LogP contribution in [-0.2, 0) is 0 Å². The van der Waals surface area contributed by atoms with Crippen molar-refractivity contribution in [1.82, 2.24) is 10.2 Å². The molecule has 18 heavy (non-hydrogen) atoms. The van der Waals surface area contributed by atoms with Crippen molar-refractivity contribution in [3.8, 4) is 0 Å². The fraction of sp³-hybridized carbons (Fsp3) is 1.00. The predicted molar refractivity (Wildman–Crippen MR) is 81.1 cm³/mol. The molecule has 0 aromatic carbocycles. The third-order valence-electron chi connectivity index (χ3n) is 4.21. The molecular weight excluding hydrogens is 220 g/mol. The Balaban J connectivity index is 1.99. The van der Waals surface area contributed by atoms with Crippen molar-refractivity contribution in [3.63, 3.8) is 0 Å². The van der Waals surface area contributed by atoms with Crippen LogP contribution in [0.1, 0.15) is 65.7 Å². The number of likely N-dealkylation sites (tertiary alicyclic amines) is 1. The van der Waals surface area contributed by atoms with Gasteiger partial charge in [-0.2, -0.15) is 0 Å². The lowest BCUT2D eigenvalue weighted by atomic mass is 10.0. The minimum absolute atomic E-state index is 0.703. The Morgan fingerprint density at radius 1 is 1.22 bits per heavy atom. The van der Waals surface area contributed by atoms with Crippen molar-refractivity contribution < 1.29 is 0 Å². The molecule has 0 aromatic heterocycles. The van der Waals surface area contributed by atoms with Gasteiger partial charge in [-0.05, 0) is 77.5 Å². The van der Waals surface area contributed by atoms with Crippen molar-refractivity contribution in [2.45, 2.75) is 71.8 Å². The first-order chi connectivity index (χ1) is 8.72. The Morgan fingerprint density at radius 2 is 2.06 bits per heavy atom. The second-order valence-electron chi connectivity index (χ2n) is 6.23. The van der Waals surface area contributed by atoms with Gasteiger partial charge in [0.15, 0.2) is 0 Å². The number of unbranched alkanes of at least 4 members (excludes halogenated alkanes) is 1. The average molecular weight is 254 g/mol. The summed E-state index contributed by atoms with van der Waals surface area (Å²) in [6.07, 6.45) is 9.61. The normalized spacial score (nSPS) is 23.8. The number of rotatable bonds is 8. The topological polar surface area (TPSA) is 15.3 Å². The van der Waals surface area contributed by atoms with Gasteiger partial charge >= 0.3 is 0 Å². The Morgan fingerprint density at radius 3 is 2.83 bits per heavy atom. The van der Waals surface area contributed by atoms with Gasteiger partial charge in [-0.1, -0.05) is 20.3 Å². The summed E-state index contributed by atoms with van der Waals surface area (Å²) in [6.45, 7) is 12.1. The Labute approximate surface area is 115 Å². The van der Waals surface area contributed by atoms with Crippen LogP contribution >= 0.6 is 0 Å². The summed E-state index contributed by atoms with van der Waals surface area (Å²) in [5, 5.41) is 3.57. The molecular formula is C16H34N2. The van der Waals surface area contributed by atoms with Gasteiger partial charge in [0.05, 0.1) is 0 Å². The summed E-state index contributed by atoms with van der Waals surface area (Å²) < 4.78 is 0. The maximum absolute atomic E-state index is 3.57. The van der Waals surface area contributed by atoms with Crippen molar-refractivity contribution >= 4 is 0 Å². The van der Waals surface area contributed by atoms with Crippen molar-refractivity contribution in [2.24, 2.45) is 5.92 Å². The molecule has 0 aliphatic carbocycles. The molecule has 1 N–H and O–H groups in total. The minimum Gasteiger partial charge on any atom is -0.314 e. The van der Waals surface area contributed by atoms with Crippen molar-refractivity contribution in [2.75, 3.05) is 26.2 Å². The highest BCUT2D eigenvalue weighted by molar-refractivity contribution is 4.68. The average Bonchev–Trinajstić information content (AvgIpc) is 2.57. The zero-order chi connectivity index (χ0) is 13.2. The lowest BCUT2D eigenvalue weighted by Crippen LogP contribution is -2.28. The van der Waals surface area contributed by atoms with Crippen LogP contribution in [0.15, 0.2) is 0 Å². The molecule has 1 heterocycles. The third kappa shape index (κ3) is 7.38. The third-order valence-corrected chi connectivity index (χ3v) is 4.21. The van der Waals surface area contributed by atoms with E-state index in [1.54, 1.807) is 0 Å². The summed E-state index contributed by atoms with van der Waals surface area (Å²) in [5.41, 5.74) is 0. The maximum atomic E-state index is 3.57. The number of nitrogens with zero attached hydrogens (tertiary/aromatic N) is 1. The minimum atomic E-state index is 0.703. The molecule has 1 rings (SSSR count). The lowest BCUT2D eigenvalue weighted by Gasteiger charge is -2.20. The molecule has 0 saturated carbocycles. The van der Waals surface area contributed by atoms with Crippen LogP contribution in [0.3, 0.4) is 0 Å². The molecule has 2 unspecified atom stereocenters. The quantitative estimate of drug-likeness (QED) is 0.665. The van der Waals surface area contributed by atoms with E-state index in [0.29, 0.717) is 6.04 Å².